The molecular weight excluding hydrogens is 342 g/mol. The highest BCUT2D eigenvalue weighted by Crippen LogP contribution is 2.16. The van der Waals surface area contributed by atoms with E-state index in [1.54, 1.807) is 55.6 Å². The number of rotatable bonds is 5. The van der Waals surface area contributed by atoms with E-state index in [0.29, 0.717) is 22.7 Å². The molecule has 3 amide bonds. The molecule has 6 nitrogen and oxygen atoms in total. The second-order valence-electron chi connectivity index (χ2n) is 5.71. The Bertz CT molecular complexity index is 908. The largest absolute Gasteiger partial charge is 0.497 e. The third-order valence-electron chi connectivity index (χ3n) is 3.78. The van der Waals surface area contributed by atoms with Gasteiger partial charge in [0.15, 0.2) is 0 Å². The molecule has 0 saturated carbocycles. The number of urea groups is 1. The van der Waals surface area contributed by atoms with E-state index in [4.69, 9.17) is 4.74 Å². The summed E-state index contributed by atoms with van der Waals surface area (Å²) in [4.78, 5) is 24.3. The van der Waals surface area contributed by atoms with Gasteiger partial charge in [0, 0.05) is 22.6 Å². The van der Waals surface area contributed by atoms with Crippen LogP contribution in [-0.4, -0.2) is 19.0 Å². The summed E-state index contributed by atoms with van der Waals surface area (Å²) in [5.74, 6) is 0.501. The number of benzene rings is 3. The summed E-state index contributed by atoms with van der Waals surface area (Å²) < 4.78 is 5.08. The molecule has 3 N–H and O–H groups in total. The first-order valence-corrected chi connectivity index (χ1v) is 8.32. The van der Waals surface area contributed by atoms with Crippen molar-refractivity contribution in [3.63, 3.8) is 0 Å². The minimum atomic E-state index is -0.373. The standard InChI is InChI=1S/C21H19N3O3/c1-27-19-13-11-18(12-14-19)24-21(26)23-17-9-7-15(8-10-17)20(25)22-16-5-3-2-4-6-16/h2-14H,1H3,(H,22,25)(H2,23,24,26). The average Bonchev–Trinajstić information content (AvgIpc) is 2.70. The molecule has 0 fully saturated rings. The molecule has 6 heteroatoms. The van der Waals surface area contributed by atoms with Gasteiger partial charge < -0.3 is 20.7 Å². The van der Waals surface area contributed by atoms with E-state index >= 15 is 0 Å². The summed E-state index contributed by atoms with van der Waals surface area (Å²) in [6, 6.07) is 22.5. The van der Waals surface area contributed by atoms with Crippen molar-refractivity contribution in [2.45, 2.75) is 0 Å². The van der Waals surface area contributed by atoms with E-state index in [1.165, 1.54) is 0 Å². The van der Waals surface area contributed by atoms with Crippen molar-refractivity contribution in [1.82, 2.24) is 0 Å². The molecule has 0 aromatic heterocycles. The van der Waals surface area contributed by atoms with Crippen LogP contribution < -0.4 is 20.7 Å². The summed E-state index contributed by atoms with van der Waals surface area (Å²) in [6.45, 7) is 0. The number of anilines is 3. The van der Waals surface area contributed by atoms with E-state index in [2.05, 4.69) is 16.0 Å². The highest BCUT2D eigenvalue weighted by Gasteiger charge is 2.07. The van der Waals surface area contributed by atoms with Crippen LogP contribution in [0.3, 0.4) is 0 Å². The van der Waals surface area contributed by atoms with E-state index in [1.807, 2.05) is 30.3 Å². The number of hydrogen-bond acceptors (Lipinski definition) is 3. The fraction of sp³-hybridized carbons (Fsp3) is 0.0476. The Morgan fingerprint density at radius 3 is 1.74 bits per heavy atom. The first-order valence-electron chi connectivity index (χ1n) is 8.32. The Morgan fingerprint density at radius 2 is 1.19 bits per heavy atom. The van der Waals surface area contributed by atoms with Crippen LogP contribution in [0.25, 0.3) is 0 Å². The van der Waals surface area contributed by atoms with Gasteiger partial charge in [-0.1, -0.05) is 18.2 Å². The van der Waals surface area contributed by atoms with Crippen LogP contribution in [0, 0.1) is 0 Å². The Hall–Kier alpha value is -3.80. The van der Waals surface area contributed by atoms with Crippen LogP contribution in [0.1, 0.15) is 10.4 Å². The van der Waals surface area contributed by atoms with Crippen molar-refractivity contribution in [2.75, 3.05) is 23.1 Å². The van der Waals surface area contributed by atoms with Crippen LogP contribution >= 0.6 is 0 Å². The van der Waals surface area contributed by atoms with Gasteiger partial charge in [0.05, 0.1) is 7.11 Å². The van der Waals surface area contributed by atoms with Crippen molar-refractivity contribution in [3.8, 4) is 5.75 Å². The number of hydrogen-bond donors (Lipinski definition) is 3. The maximum Gasteiger partial charge on any atom is 0.323 e. The lowest BCUT2D eigenvalue weighted by Gasteiger charge is -2.09. The predicted molar refractivity (Wildman–Crippen MR) is 106 cm³/mol. The number of para-hydroxylation sites is 1. The molecule has 0 unspecified atom stereocenters. The van der Waals surface area contributed by atoms with Gasteiger partial charge in [0.25, 0.3) is 5.91 Å². The molecule has 0 bridgehead atoms. The quantitative estimate of drug-likeness (QED) is 0.622. The second-order valence-corrected chi connectivity index (χ2v) is 5.71. The summed E-state index contributed by atoms with van der Waals surface area (Å²) in [6.07, 6.45) is 0. The van der Waals surface area contributed by atoms with Crippen LogP contribution in [-0.2, 0) is 0 Å². The minimum Gasteiger partial charge on any atom is -0.497 e. The Morgan fingerprint density at radius 1 is 0.667 bits per heavy atom. The van der Waals surface area contributed by atoms with Crippen molar-refractivity contribution in [2.24, 2.45) is 0 Å². The van der Waals surface area contributed by atoms with Gasteiger partial charge in [0.1, 0.15) is 5.75 Å². The van der Waals surface area contributed by atoms with Crippen molar-refractivity contribution in [3.05, 3.63) is 84.4 Å². The van der Waals surface area contributed by atoms with Crippen LogP contribution in [0.4, 0.5) is 21.9 Å². The van der Waals surface area contributed by atoms with E-state index < -0.39 is 0 Å². The maximum atomic E-state index is 12.2. The smallest absolute Gasteiger partial charge is 0.323 e. The zero-order chi connectivity index (χ0) is 19.1. The second kappa shape index (κ2) is 8.53. The van der Waals surface area contributed by atoms with Gasteiger partial charge in [-0.3, -0.25) is 4.79 Å². The molecule has 3 aromatic rings. The third-order valence-corrected chi connectivity index (χ3v) is 3.78. The SMILES string of the molecule is COc1ccc(NC(=O)Nc2ccc(C(=O)Nc3ccccc3)cc2)cc1. The lowest BCUT2D eigenvalue weighted by Crippen LogP contribution is -2.19. The molecule has 0 radical (unpaired) electrons. The highest BCUT2D eigenvalue weighted by atomic mass is 16.5. The van der Waals surface area contributed by atoms with Crippen LogP contribution in [0.15, 0.2) is 78.9 Å². The fourth-order valence-electron chi connectivity index (χ4n) is 2.40. The van der Waals surface area contributed by atoms with Gasteiger partial charge in [0.2, 0.25) is 0 Å². The van der Waals surface area contributed by atoms with Crippen LogP contribution in [0.2, 0.25) is 0 Å². The molecule has 3 rings (SSSR count). The number of ether oxygens (including phenoxy) is 1. The van der Waals surface area contributed by atoms with Gasteiger partial charge >= 0.3 is 6.03 Å². The molecule has 0 spiro atoms. The van der Waals surface area contributed by atoms with Crippen molar-refractivity contribution >= 4 is 29.0 Å². The number of carbonyl (C=O) groups is 2. The lowest BCUT2D eigenvalue weighted by atomic mass is 10.2. The average molecular weight is 361 g/mol. The lowest BCUT2D eigenvalue weighted by molar-refractivity contribution is 0.102. The molecule has 0 aliphatic carbocycles. The normalized spacial score (nSPS) is 9.96. The molecule has 0 atom stereocenters. The Balaban J connectivity index is 1.56. The van der Waals surface area contributed by atoms with Crippen molar-refractivity contribution in [1.29, 1.82) is 0 Å². The molecular formula is C21H19N3O3. The molecule has 136 valence electrons. The Labute approximate surface area is 157 Å². The first kappa shape index (κ1) is 18.0. The van der Waals surface area contributed by atoms with E-state index in [0.717, 1.165) is 5.69 Å². The molecule has 0 aliphatic rings. The maximum absolute atomic E-state index is 12.2. The topological polar surface area (TPSA) is 79.5 Å². The van der Waals surface area contributed by atoms with E-state index in [-0.39, 0.29) is 11.9 Å². The number of amides is 3. The number of carbonyl (C=O) groups excluding carboxylic acids is 2. The molecule has 0 saturated heterocycles. The molecule has 0 heterocycles. The van der Waals surface area contributed by atoms with Crippen LogP contribution in [0.5, 0.6) is 5.75 Å². The van der Waals surface area contributed by atoms with Gasteiger partial charge in [-0.2, -0.15) is 0 Å². The summed E-state index contributed by atoms with van der Waals surface area (Å²) in [5.41, 5.74) is 2.45. The number of methoxy groups -OCH3 is 1. The fourth-order valence-corrected chi connectivity index (χ4v) is 2.40. The monoisotopic (exact) mass is 361 g/mol. The summed E-state index contributed by atoms with van der Waals surface area (Å²) in [5, 5.41) is 8.26. The van der Waals surface area contributed by atoms with Gasteiger partial charge in [-0.25, -0.2) is 4.79 Å². The zero-order valence-electron chi connectivity index (χ0n) is 14.7. The molecule has 0 aliphatic heterocycles. The van der Waals surface area contributed by atoms with Gasteiger partial charge in [-0.15, -0.1) is 0 Å². The zero-order valence-corrected chi connectivity index (χ0v) is 14.7. The van der Waals surface area contributed by atoms with E-state index in [9.17, 15) is 9.59 Å². The summed E-state index contributed by atoms with van der Waals surface area (Å²) in [7, 11) is 1.58. The van der Waals surface area contributed by atoms with Gasteiger partial charge in [-0.05, 0) is 60.7 Å². The molecule has 3 aromatic carbocycles. The highest BCUT2D eigenvalue weighted by molar-refractivity contribution is 6.05. The third kappa shape index (κ3) is 5.09. The minimum absolute atomic E-state index is 0.213. The Kier molecular flexibility index (Phi) is 5.69. The predicted octanol–water partition coefficient (Wildman–Crippen LogP) is 4.59. The van der Waals surface area contributed by atoms with Crippen molar-refractivity contribution < 1.29 is 14.3 Å². The first-order chi connectivity index (χ1) is 13.1. The molecule has 27 heavy (non-hydrogen) atoms. The summed E-state index contributed by atoms with van der Waals surface area (Å²) >= 11 is 0. The number of nitrogens with one attached hydrogen (secondary N) is 3.